The highest BCUT2D eigenvalue weighted by molar-refractivity contribution is 5.97. The van der Waals surface area contributed by atoms with E-state index in [4.69, 9.17) is 0 Å². The van der Waals surface area contributed by atoms with E-state index < -0.39 is 0 Å². The highest BCUT2D eigenvalue weighted by Crippen LogP contribution is 2.27. The summed E-state index contributed by atoms with van der Waals surface area (Å²) in [6.45, 7) is 1.41. The first-order valence-electron chi connectivity index (χ1n) is 7.98. The van der Waals surface area contributed by atoms with Crippen LogP contribution in [0.5, 0.6) is 11.5 Å². The van der Waals surface area contributed by atoms with Crippen molar-refractivity contribution in [2.45, 2.75) is 19.3 Å². The number of likely N-dealkylation sites (tertiary alicyclic amines) is 1. The number of benzene rings is 2. The lowest BCUT2D eigenvalue weighted by Crippen LogP contribution is -2.38. The van der Waals surface area contributed by atoms with E-state index in [-0.39, 0.29) is 23.0 Å². The minimum Gasteiger partial charge on any atom is -0.508 e. The molecule has 0 atom stereocenters. The molecule has 120 valence electrons. The number of rotatable bonds is 3. The molecule has 2 aromatic carbocycles. The maximum absolute atomic E-state index is 12.5. The van der Waals surface area contributed by atoms with Crippen LogP contribution in [0.4, 0.5) is 0 Å². The zero-order chi connectivity index (χ0) is 16.2. The highest BCUT2D eigenvalue weighted by Gasteiger charge is 2.25. The van der Waals surface area contributed by atoms with Crippen LogP contribution in [0, 0.1) is 5.92 Å². The Morgan fingerprint density at radius 3 is 2.39 bits per heavy atom. The minimum atomic E-state index is -0.166. The fraction of sp³-hybridized carbons (Fsp3) is 0.316. The maximum Gasteiger partial charge on any atom is 0.257 e. The van der Waals surface area contributed by atoms with Crippen LogP contribution in [-0.2, 0) is 6.42 Å². The van der Waals surface area contributed by atoms with Crippen molar-refractivity contribution in [3.05, 3.63) is 59.7 Å². The molecule has 1 heterocycles. The molecule has 1 aliphatic rings. The van der Waals surface area contributed by atoms with Gasteiger partial charge in [-0.3, -0.25) is 4.79 Å². The molecule has 1 fully saturated rings. The Kier molecular flexibility index (Phi) is 4.51. The Morgan fingerprint density at radius 1 is 1.04 bits per heavy atom. The zero-order valence-corrected chi connectivity index (χ0v) is 13.0. The Hall–Kier alpha value is -2.49. The maximum atomic E-state index is 12.5. The summed E-state index contributed by atoms with van der Waals surface area (Å²) in [6, 6.07) is 14.5. The van der Waals surface area contributed by atoms with E-state index in [1.54, 1.807) is 4.90 Å². The van der Waals surface area contributed by atoms with Crippen molar-refractivity contribution >= 4 is 5.91 Å². The first-order valence-corrected chi connectivity index (χ1v) is 7.98. The van der Waals surface area contributed by atoms with Crippen molar-refractivity contribution < 1.29 is 15.0 Å². The lowest BCUT2D eigenvalue weighted by atomic mass is 9.90. The van der Waals surface area contributed by atoms with Gasteiger partial charge < -0.3 is 15.1 Å². The van der Waals surface area contributed by atoms with Crippen LogP contribution in [0.25, 0.3) is 0 Å². The summed E-state index contributed by atoms with van der Waals surface area (Å²) in [7, 11) is 0. The number of aromatic hydroxyl groups is 2. The lowest BCUT2D eigenvalue weighted by molar-refractivity contribution is 0.0687. The second kappa shape index (κ2) is 6.73. The SMILES string of the molecule is O=C(c1ccc(O)cc1O)N1CCC(Cc2ccccc2)CC1. The van der Waals surface area contributed by atoms with Gasteiger partial charge in [0.2, 0.25) is 0 Å². The summed E-state index contributed by atoms with van der Waals surface area (Å²) in [5.41, 5.74) is 1.60. The summed E-state index contributed by atoms with van der Waals surface area (Å²) < 4.78 is 0. The molecule has 1 amide bonds. The summed E-state index contributed by atoms with van der Waals surface area (Å²) >= 11 is 0. The molecule has 2 aromatic rings. The van der Waals surface area contributed by atoms with E-state index in [1.807, 2.05) is 6.07 Å². The van der Waals surface area contributed by atoms with Crippen LogP contribution in [0.3, 0.4) is 0 Å². The van der Waals surface area contributed by atoms with E-state index >= 15 is 0 Å². The second-order valence-corrected chi connectivity index (χ2v) is 6.13. The fourth-order valence-corrected chi connectivity index (χ4v) is 3.16. The predicted octanol–water partition coefficient (Wildman–Crippen LogP) is 3.19. The standard InChI is InChI=1S/C19H21NO3/c21-16-6-7-17(18(22)13-16)19(23)20-10-8-15(9-11-20)12-14-4-2-1-3-5-14/h1-7,13,15,21-22H,8-12H2. The Morgan fingerprint density at radius 2 is 1.74 bits per heavy atom. The van der Waals surface area contributed by atoms with Crippen LogP contribution >= 0.6 is 0 Å². The minimum absolute atomic E-state index is 0.0411. The average Bonchev–Trinajstić information content (AvgIpc) is 2.56. The quantitative estimate of drug-likeness (QED) is 0.915. The van der Waals surface area contributed by atoms with Crippen molar-refractivity contribution in [1.82, 2.24) is 4.90 Å². The number of phenolic OH excluding ortho intramolecular Hbond substituents is 2. The molecule has 0 aromatic heterocycles. The lowest BCUT2D eigenvalue weighted by Gasteiger charge is -2.32. The Bertz CT molecular complexity index is 676. The number of amides is 1. The third-order valence-corrected chi connectivity index (χ3v) is 4.48. The highest BCUT2D eigenvalue weighted by atomic mass is 16.3. The molecule has 0 radical (unpaired) electrons. The van der Waals surface area contributed by atoms with Gasteiger partial charge >= 0.3 is 0 Å². The van der Waals surface area contributed by atoms with Gasteiger partial charge in [-0.2, -0.15) is 0 Å². The summed E-state index contributed by atoms with van der Waals surface area (Å²) in [4.78, 5) is 14.3. The molecule has 1 saturated heterocycles. The number of carbonyl (C=O) groups excluding carboxylic acids is 1. The molecule has 0 saturated carbocycles. The fourth-order valence-electron chi connectivity index (χ4n) is 3.16. The van der Waals surface area contributed by atoms with E-state index in [0.29, 0.717) is 19.0 Å². The molecule has 4 heteroatoms. The van der Waals surface area contributed by atoms with E-state index in [9.17, 15) is 15.0 Å². The van der Waals surface area contributed by atoms with Crippen molar-refractivity contribution in [1.29, 1.82) is 0 Å². The number of carbonyl (C=O) groups is 1. The van der Waals surface area contributed by atoms with Crippen LogP contribution in [0.1, 0.15) is 28.8 Å². The van der Waals surface area contributed by atoms with Gasteiger partial charge in [-0.25, -0.2) is 0 Å². The van der Waals surface area contributed by atoms with E-state index in [1.165, 1.54) is 23.8 Å². The van der Waals surface area contributed by atoms with Crippen molar-refractivity contribution in [3.8, 4) is 11.5 Å². The molecule has 0 bridgehead atoms. The Labute approximate surface area is 136 Å². The molecular formula is C19H21NO3. The number of piperidine rings is 1. The number of nitrogens with zero attached hydrogens (tertiary/aromatic N) is 1. The van der Waals surface area contributed by atoms with E-state index in [0.717, 1.165) is 19.3 Å². The van der Waals surface area contributed by atoms with Gasteiger partial charge in [-0.1, -0.05) is 30.3 Å². The molecular weight excluding hydrogens is 290 g/mol. The normalized spacial score (nSPS) is 15.6. The van der Waals surface area contributed by atoms with Gasteiger partial charge in [-0.15, -0.1) is 0 Å². The van der Waals surface area contributed by atoms with Crippen LogP contribution in [-0.4, -0.2) is 34.1 Å². The van der Waals surface area contributed by atoms with Gasteiger partial charge in [0, 0.05) is 19.2 Å². The number of hydrogen-bond donors (Lipinski definition) is 2. The summed E-state index contributed by atoms with van der Waals surface area (Å²) in [6.07, 6.45) is 2.99. The van der Waals surface area contributed by atoms with Gasteiger partial charge in [0.05, 0.1) is 5.56 Å². The van der Waals surface area contributed by atoms with Crippen molar-refractivity contribution in [2.24, 2.45) is 5.92 Å². The third kappa shape index (κ3) is 3.65. The molecule has 2 N–H and O–H groups in total. The molecule has 3 rings (SSSR count). The Balaban J connectivity index is 1.59. The topological polar surface area (TPSA) is 60.8 Å². The molecule has 1 aliphatic heterocycles. The largest absolute Gasteiger partial charge is 0.508 e. The van der Waals surface area contributed by atoms with Gasteiger partial charge in [0.25, 0.3) is 5.91 Å². The van der Waals surface area contributed by atoms with Gasteiger partial charge in [0.1, 0.15) is 11.5 Å². The van der Waals surface area contributed by atoms with Crippen molar-refractivity contribution in [2.75, 3.05) is 13.1 Å². The predicted molar refractivity (Wildman–Crippen MR) is 88.5 cm³/mol. The zero-order valence-electron chi connectivity index (χ0n) is 13.0. The number of hydrogen-bond acceptors (Lipinski definition) is 3. The second-order valence-electron chi connectivity index (χ2n) is 6.13. The van der Waals surface area contributed by atoms with Crippen molar-refractivity contribution in [3.63, 3.8) is 0 Å². The van der Waals surface area contributed by atoms with Gasteiger partial charge in [0.15, 0.2) is 0 Å². The number of phenols is 2. The molecule has 4 nitrogen and oxygen atoms in total. The average molecular weight is 311 g/mol. The van der Waals surface area contributed by atoms with Gasteiger partial charge in [-0.05, 0) is 42.9 Å². The molecule has 23 heavy (non-hydrogen) atoms. The summed E-state index contributed by atoms with van der Waals surface area (Å²) in [5, 5.41) is 19.2. The van der Waals surface area contributed by atoms with E-state index in [2.05, 4.69) is 24.3 Å². The third-order valence-electron chi connectivity index (χ3n) is 4.48. The smallest absolute Gasteiger partial charge is 0.257 e. The first-order chi connectivity index (χ1) is 11.1. The molecule has 0 unspecified atom stereocenters. The van der Waals surface area contributed by atoms with Crippen LogP contribution in [0.2, 0.25) is 0 Å². The monoisotopic (exact) mass is 311 g/mol. The summed E-state index contributed by atoms with van der Waals surface area (Å²) in [5.74, 6) is 0.220. The first kappa shape index (κ1) is 15.4. The van der Waals surface area contributed by atoms with Crippen LogP contribution < -0.4 is 0 Å². The molecule has 0 spiro atoms. The molecule has 0 aliphatic carbocycles. The van der Waals surface area contributed by atoms with Crippen LogP contribution in [0.15, 0.2) is 48.5 Å².